The summed E-state index contributed by atoms with van der Waals surface area (Å²) in [6, 6.07) is 14.0. The van der Waals surface area contributed by atoms with Gasteiger partial charge in [-0.15, -0.1) is 0 Å². The minimum Gasteiger partial charge on any atom is -0.431 e. The normalized spacial score (nSPS) is 10.3. The van der Waals surface area contributed by atoms with Crippen LogP contribution in [-0.2, 0) is 4.79 Å². The fourth-order valence-corrected chi connectivity index (χ4v) is 2.65. The molecule has 0 aliphatic heterocycles. The summed E-state index contributed by atoms with van der Waals surface area (Å²) >= 11 is 1.05. The molecular formula is C18H14FN3O3S. The molecule has 0 aliphatic rings. The van der Waals surface area contributed by atoms with E-state index in [0.717, 1.165) is 11.8 Å². The van der Waals surface area contributed by atoms with Gasteiger partial charge in [0.1, 0.15) is 5.82 Å². The van der Waals surface area contributed by atoms with E-state index in [9.17, 15) is 14.0 Å². The van der Waals surface area contributed by atoms with E-state index in [2.05, 4.69) is 15.6 Å². The molecule has 0 saturated heterocycles. The maximum Gasteiger partial charge on any atom is 0.325 e. The van der Waals surface area contributed by atoms with Crippen LogP contribution in [0.25, 0.3) is 11.3 Å². The molecule has 0 aliphatic carbocycles. The fraction of sp³-hybridized carbons (Fsp3) is 0.0556. The molecule has 1 heterocycles. The number of halogens is 1. The van der Waals surface area contributed by atoms with Crippen molar-refractivity contribution in [3.63, 3.8) is 0 Å². The number of nitrogens with zero attached hydrogens (tertiary/aromatic N) is 1. The Labute approximate surface area is 152 Å². The molecule has 3 aromatic rings. The number of carbonyl (C=O) groups is 2. The van der Waals surface area contributed by atoms with Gasteiger partial charge in [-0.3, -0.25) is 10.1 Å². The molecule has 26 heavy (non-hydrogen) atoms. The second kappa shape index (κ2) is 8.30. The predicted molar refractivity (Wildman–Crippen MR) is 96.2 cm³/mol. The van der Waals surface area contributed by atoms with Gasteiger partial charge in [0.05, 0.1) is 11.9 Å². The average molecular weight is 371 g/mol. The number of amides is 3. The number of rotatable bonds is 5. The van der Waals surface area contributed by atoms with Crippen LogP contribution in [0.15, 0.2) is 70.4 Å². The lowest BCUT2D eigenvalue weighted by Crippen LogP contribution is -2.35. The molecule has 6 nitrogen and oxygen atoms in total. The number of para-hydroxylation sites is 1. The third-order valence-corrected chi connectivity index (χ3v) is 4.07. The van der Waals surface area contributed by atoms with Gasteiger partial charge in [-0.2, -0.15) is 0 Å². The van der Waals surface area contributed by atoms with Crippen molar-refractivity contribution in [3.8, 4) is 11.3 Å². The lowest BCUT2D eigenvalue weighted by molar-refractivity contribution is -0.117. The molecule has 0 unspecified atom stereocenters. The maximum atomic E-state index is 12.9. The monoisotopic (exact) mass is 371 g/mol. The summed E-state index contributed by atoms with van der Waals surface area (Å²) in [5.41, 5.74) is 1.26. The fourth-order valence-electron chi connectivity index (χ4n) is 2.05. The number of urea groups is 1. The zero-order valence-electron chi connectivity index (χ0n) is 13.4. The summed E-state index contributed by atoms with van der Waals surface area (Å²) in [5, 5.41) is 5.05. The van der Waals surface area contributed by atoms with Gasteiger partial charge in [-0.05, 0) is 36.4 Å². The Hall–Kier alpha value is -3.13. The number of imide groups is 1. The number of benzene rings is 2. The van der Waals surface area contributed by atoms with E-state index in [0.29, 0.717) is 17.0 Å². The molecule has 0 fully saturated rings. The Morgan fingerprint density at radius 2 is 1.81 bits per heavy atom. The quantitative estimate of drug-likeness (QED) is 0.664. The third kappa shape index (κ3) is 4.93. The van der Waals surface area contributed by atoms with Gasteiger partial charge < -0.3 is 9.73 Å². The van der Waals surface area contributed by atoms with Crippen LogP contribution in [0, 0.1) is 5.82 Å². The predicted octanol–water partition coefficient (Wildman–Crippen LogP) is 3.92. The van der Waals surface area contributed by atoms with Crippen molar-refractivity contribution in [1.29, 1.82) is 0 Å². The van der Waals surface area contributed by atoms with Crippen LogP contribution in [0.1, 0.15) is 0 Å². The zero-order chi connectivity index (χ0) is 18.4. The van der Waals surface area contributed by atoms with Crippen molar-refractivity contribution in [1.82, 2.24) is 10.3 Å². The number of hydrogen-bond donors (Lipinski definition) is 2. The van der Waals surface area contributed by atoms with Gasteiger partial charge in [0.2, 0.25) is 5.91 Å². The van der Waals surface area contributed by atoms with Gasteiger partial charge in [0.25, 0.3) is 5.22 Å². The van der Waals surface area contributed by atoms with Crippen LogP contribution < -0.4 is 10.6 Å². The smallest absolute Gasteiger partial charge is 0.325 e. The van der Waals surface area contributed by atoms with Gasteiger partial charge in [0, 0.05) is 11.3 Å². The number of nitrogens with one attached hydrogen (secondary N) is 2. The molecule has 0 atom stereocenters. The zero-order valence-corrected chi connectivity index (χ0v) is 14.3. The summed E-state index contributed by atoms with van der Waals surface area (Å²) in [7, 11) is 0. The van der Waals surface area contributed by atoms with E-state index in [-0.39, 0.29) is 16.8 Å². The molecule has 8 heteroatoms. The second-order valence-corrected chi connectivity index (χ2v) is 6.08. The van der Waals surface area contributed by atoms with Crippen molar-refractivity contribution in [3.05, 3.63) is 66.6 Å². The van der Waals surface area contributed by atoms with E-state index in [1.165, 1.54) is 18.3 Å². The van der Waals surface area contributed by atoms with E-state index in [1.54, 1.807) is 36.4 Å². The lowest BCUT2D eigenvalue weighted by atomic mass is 10.2. The van der Waals surface area contributed by atoms with Gasteiger partial charge in [-0.25, -0.2) is 14.2 Å². The lowest BCUT2D eigenvalue weighted by Gasteiger charge is -2.05. The van der Waals surface area contributed by atoms with Crippen molar-refractivity contribution >= 4 is 29.4 Å². The number of hydrogen-bond acceptors (Lipinski definition) is 5. The highest BCUT2D eigenvalue weighted by Crippen LogP contribution is 2.25. The number of oxazole rings is 1. The second-order valence-electron chi connectivity index (χ2n) is 5.15. The largest absolute Gasteiger partial charge is 0.431 e. The minimum absolute atomic E-state index is 0.0361. The molecule has 0 spiro atoms. The summed E-state index contributed by atoms with van der Waals surface area (Å²) in [6.45, 7) is 0. The highest BCUT2D eigenvalue weighted by atomic mass is 32.2. The van der Waals surface area contributed by atoms with E-state index < -0.39 is 11.9 Å². The van der Waals surface area contributed by atoms with Crippen LogP contribution >= 0.6 is 11.8 Å². The Bertz CT molecular complexity index is 898. The topological polar surface area (TPSA) is 84.2 Å². The Balaban J connectivity index is 1.49. The SMILES string of the molecule is O=C(CSc1ncc(-c2ccc(F)cc2)o1)NC(=O)Nc1ccccc1. The third-order valence-electron chi connectivity index (χ3n) is 3.22. The van der Waals surface area contributed by atoms with Gasteiger partial charge >= 0.3 is 6.03 Å². The van der Waals surface area contributed by atoms with Crippen LogP contribution in [0.5, 0.6) is 0 Å². The Morgan fingerprint density at radius 1 is 1.08 bits per heavy atom. The van der Waals surface area contributed by atoms with Crippen molar-refractivity contribution in [2.45, 2.75) is 5.22 Å². The molecule has 0 radical (unpaired) electrons. The molecule has 132 valence electrons. The average Bonchev–Trinajstić information content (AvgIpc) is 3.10. The first-order chi connectivity index (χ1) is 12.6. The number of aromatic nitrogens is 1. The van der Waals surface area contributed by atoms with E-state index in [1.807, 2.05) is 6.07 Å². The van der Waals surface area contributed by atoms with Crippen LogP contribution in [0.4, 0.5) is 14.9 Å². The molecule has 1 aromatic heterocycles. The number of carbonyl (C=O) groups excluding carboxylic acids is 2. The van der Waals surface area contributed by atoms with Crippen LogP contribution in [0.3, 0.4) is 0 Å². The van der Waals surface area contributed by atoms with E-state index >= 15 is 0 Å². The molecular weight excluding hydrogens is 357 g/mol. The van der Waals surface area contributed by atoms with Crippen molar-refractivity contribution in [2.75, 3.05) is 11.1 Å². The Kier molecular flexibility index (Phi) is 5.65. The summed E-state index contributed by atoms with van der Waals surface area (Å²) in [6.07, 6.45) is 1.50. The minimum atomic E-state index is -0.610. The summed E-state index contributed by atoms with van der Waals surface area (Å²) < 4.78 is 18.4. The summed E-state index contributed by atoms with van der Waals surface area (Å²) in [5.74, 6) is -0.390. The molecule has 2 N–H and O–H groups in total. The molecule has 0 bridgehead atoms. The van der Waals surface area contributed by atoms with Gasteiger partial charge in [-0.1, -0.05) is 30.0 Å². The summed E-state index contributed by atoms with van der Waals surface area (Å²) in [4.78, 5) is 27.6. The first-order valence-electron chi connectivity index (χ1n) is 7.60. The highest BCUT2D eigenvalue weighted by molar-refractivity contribution is 7.99. The number of anilines is 1. The first-order valence-corrected chi connectivity index (χ1v) is 8.59. The molecule has 0 saturated carbocycles. The van der Waals surface area contributed by atoms with Crippen molar-refractivity contribution < 1.29 is 18.4 Å². The standard InChI is InChI=1S/C18H14FN3O3S/c19-13-8-6-12(7-9-13)15-10-20-18(25-15)26-11-16(23)22-17(24)21-14-4-2-1-3-5-14/h1-10H,11H2,(H2,21,22,23,24). The van der Waals surface area contributed by atoms with Crippen molar-refractivity contribution in [2.24, 2.45) is 0 Å². The molecule has 3 amide bonds. The Morgan fingerprint density at radius 3 is 2.54 bits per heavy atom. The number of thioether (sulfide) groups is 1. The van der Waals surface area contributed by atoms with E-state index in [4.69, 9.17) is 4.42 Å². The molecule has 3 rings (SSSR count). The maximum absolute atomic E-state index is 12.9. The highest BCUT2D eigenvalue weighted by Gasteiger charge is 2.12. The first kappa shape index (κ1) is 17.7. The van der Waals surface area contributed by atoms with Crippen LogP contribution in [0.2, 0.25) is 0 Å². The van der Waals surface area contributed by atoms with Gasteiger partial charge in [0.15, 0.2) is 5.76 Å². The van der Waals surface area contributed by atoms with Crippen LogP contribution in [-0.4, -0.2) is 22.7 Å². The molecule has 2 aromatic carbocycles.